The highest BCUT2D eigenvalue weighted by molar-refractivity contribution is 9.10. The predicted octanol–water partition coefficient (Wildman–Crippen LogP) is 3.60. The first-order valence-corrected chi connectivity index (χ1v) is 6.89. The quantitative estimate of drug-likeness (QED) is 0.665. The fourth-order valence-corrected chi connectivity index (χ4v) is 2.82. The first-order chi connectivity index (χ1) is 9.47. The molecule has 0 aliphatic carbocycles. The Hall–Kier alpha value is -1.93. The van der Waals surface area contributed by atoms with Crippen molar-refractivity contribution in [3.05, 3.63) is 56.7 Å². The Kier molecular flexibility index (Phi) is 4.35. The van der Waals surface area contributed by atoms with Gasteiger partial charge < -0.3 is 5.11 Å². The molecule has 0 bridgehead atoms. The molecule has 1 N–H and O–H groups in total. The van der Waals surface area contributed by atoms with Gasteiger partial charge in [0.1, 0.15) is 5.03 Å². The number of rotatable bonds is 4. The summed E-state index contributed by atoms with van der Waals surface area (Å²) < 4.78 is 0.555. The summed E-state index contributed by atoms with van der Waals surface area (Å²) in [5, 5.41) is 20.0. The monoisotopic (exact) mass is 354 g/mol. The molecule has 0 saturated heterocycles. The molecule has 0 aliphatic rings. The summed E-state index contributed by atoms with van der Waals surface area (Å²) in [5.41, 5.74) is 0.119. The maximum absolute atomic E-state index is 10.9. The summed E-state index contributed by atoms with van der Waals surface area (Å²) in [5.74, 6) is -1.03. The zero-order chi connectivity index (χ0) is 14.7. The lowest BCUT2D eigenvalue weighted by Gasteiger charge is -2.04. The molecule has 20 heavy (non-hydrogen) atoms. The molecule has 2 aromatic rings. The average Bonchev–Trinajstić information content (AvgIpc) is 2.41. The van der Waals surface area contributed by atoms with Gasteiger partial charge in [-0.1, -0.05) is 11.8 Å². The molecule has 0 atom stereocenters. The van der Waals surface area contributed by atoms with Crippen molar-refractivity contribution in [2.75, 3.05) is 0 Å². The van der Waals surface area contributed by atoms with Crippen molar-refractivity contribution in [2.24, 2.45) is 0 Å². The third kappa shape index (κ3) is 3.34. The Bertz CT molecular complexity index is 693. The van der Waals surface area contributed by atoms with Crippen LogP contribution in [0.3, 0.4) is 0 Å². The smallest absolute Gasteiger partial charge is 0.335 e. The normalized spacial score (nSPS) is 10.2. The summed E-state index contributed by atoms with van der Waals surface area (Å²) in [7, 11) is 0. The van der Waals surface area contributed by atoms with Crippen LogP contribution in [0.15, 0.2) is 50.9 Å². The molecule has 0 saturated carbocycles. The van der Waals surface area contributed by atoms with Crippen molar-refractivity contribution in [1.29, 1.82) is 0 Å². The van der Waals surface area contributed by atoms with E-state index in [4.69, 9.17) is 5.11 Å². The van der Waals surface area contributed by atoms with Gasteiger partial charge in [-0.2, -0.15) is 0 Å². The van der Waals surface area contributed by atoms with Crippen molar-refractivity contribution in [3.8, 4) is 0 Å². The molecule has 8 heteroatoms. The van der Waals surface area contributed by atoms with Gasteiger partial charge in [0.2, 0.25) is 0 Å². The summed E-state index contributed by atoms with van der Waals surface area (Å²) in [4.78, 5) is 25.8. The first kappa shape index (κ1) is 14.5. The lowest BCUT2D eigenvalue weighted by atomic mass is 10.3. The van der Waals surface area contributed by atoms with Crippen LogP contribution in [0.4, 0.5) is 5.69 Å². The number of carboxylic acid groups (broad SMARTS) is 1. The highest BCUT2D eigenvalue weighted by Gasteiger charge is 2.11. The number of pyridine rings is 1. The van der Waals surface area contributed by atoms with E-state index in [1.807, 2.05) is 0 Å². The number of hydrogen-bond acceptors (Lipinski definition) is 5. The van der Waals surface area contributed by atoms with Crippen LogP contribution in [-0.2, 0) is 0 Å². The van der Waals surface area contributed by atoms with Gasteiger partial charge in [0.15, 0.2) is 0 Å². The van der Waals surface area contributed by atoms with Crippen LogP contribution in [-0.4, -0.2) is 21.0 Å². The molecule has 0 amide bonds. The van der Waals surface area contributed by atoms with E-state index in [1.165, 1.54) is 42.2 Å². The fraction of sp³-hybridized carbons (Fsp3) is 0. The highest BCUT2D eigenvalue weighted by Crippen LogP contribution is 2.34. The Morgan fingerprint density at radius 3 is 2.70 bits per heavy atom. The zero-order valence-corrected chi connectivity index (χ0v) is 12.2. The number of hydrogen-bond donors (Lipinski definition) is 1. The van der Waals surface area contributed by atoms with Gasteiger partial charge in [-0.15, -0.1) is 0 Å². The van der Waals surface area contributed by atoms with Crippen LogP contribution in [0.5, 0.6) is 0 Å². The molecule has 0 radical (unpaired) electrons. The van der Waals surface area contributed by atoms with Gasteiger partial charge in [-0.05, 0) is 34.1 Å². The number of nitro groups is 1. The second-order valence-corrected chi connectivity index (χ2v) is 5.58. The number of carboxylic acids is 1. The highest BCUT2D eigenvalue weighted by atomic mass is 79.9. The van der Waals surface area contributed by atoms with Crippen LogP contribution < -0.4 is 0 Å². The fourth-order valence-electron chi connectivity index (χ4n) is 1.40. The zero-order valence-electron chi connectivity index (χ0n) is 9.82. The Balaban J connectivity index is 2.28. The van der Waals surface area contributed by atoms with E-state index in [2.05, 4.69) is 20.9 Å². The third-order valence-corrected chi connectivity index (χ3v) is 4.25. The van der Waals surface area contributed by atoms with Gasteiger partial charge in [-0.3, -0.25) is 10.1 Å². The average molecular weight is 355 g/mol. The maximum Gasteiger partial charge on any atom is 0.335 e. The second kappa shape index (κ2) is 6.02. The molecule has 0 aliphatic heterocycles. The summed E-state index contributed by atoms with van der Waals surface area (Å²) in [6, 6.07) is 7.21. The van der Waals surface area contributed by atoms with E-state index in [9.17, 15) is 14.9 Å². The summed E-state index contributed by atoms with van der Waals surface area (Å²) in [6.07, 6.45) is 1.41. The van der Waals surface area contributed by atoms with Crippen molar-refractivity contribution >= 4 is 39.3 Å². The van der Waals surface area contributed by atoms with E-state index in [1.54, 1.807) is 6.07 Å². The molecule has 0 fully saturated rings. The molecule has 6 nitrogen and oxygen atoms in total. The van der Waals surface area contributed by atoms with Crippen molar-refractivity contribution in [1.82, 2.24) is 4.98 Å². The Morgan fingerprint density at radius 1 is 1.35 bits per heavy atom. The lowest BCUT2D eigenvalue weighted by molar-refractivity contribution is -0.385. The minimum absolute atomic E-state index is 0.0199. The van der Waals surface area contributed by atoms with Gasteiger partial charge >= 0.3 is 5.97 Å². The van der Waals surface area contributed by atoms with E-state index in [0.29, 0.717) is 14.4 Å². The summed E-state index contributed by atoms with van der Waals surface area (Å²) in [6.45, 7) is 0. The van der Waals surface area contributed by atoms with Crippen LogP contribution >= 0.6 is 27.7 Å². The number of nitrogens with zero attached hydrogens (tertiary/aromatic N) is 2. The molecule has 0 unspecified atom stereocenters. The number of aromatic carboxylic acids is 1. The molecule has 0 spiro atoms. The predicted molar refractivity (Wildman–Crippen MR) is 76.1 cm³/mol. The Morgan fingerprint density at radius 2 is 2.10 bits per heavy atom. The van der Waals surface area contributed by atoms with Gasteiger partial charge in [0, 0.05) is 27.7 Å². The van der Waals surface area contributed by atoms with E-state index < -0.39 is 10.9 Å². The van der Waals surface area contributed by atoms with Crippen molar-refractivity contribution < 1.29 is 14.8 Å². The lowest BCUT2D eigenvalue weighted by Crippen LogP contribution is -1.96. The second-order valence-electron chi connectivity index (χ2n) is 3.66. The molecule has 2 rings (SSSR count). The van der Waals surface area contributed by atoms with Gasteiger partial charge in [-0.25, -0.2) is 9.78 Å². The molecule has 1 aromatic carbocycles. The standard InChI is InChI=1S/C12H7BrN2O4S/c13-9-6-8(15(18)19)1-2-10(9)20-11-5-7(12(16)17)3-4-14-11/h1-6H,(H,16,17). The van der Waals surface area contributed by atoms with Gasteiger partial charge in [0.25, 0.3) is 5.69 Å². The van der Waals surface area contributed by atoms with Gasteiger partial charge in [0.05, 0.1) is 10.5 Å². The minimum atomic E-state index is -1.03. The van der Waals surface area contributed by atoms with Crippen molar-refractivity contribution in [3.63, 3.8) is 0 Å². The van der Waals surface area contributed by atoms with E-state index in [-0.39, 0.29) is 11.3 Å². The van der Waals surface area contributed by atoms with Crippen molar-refractivity contribution in [2.45, 2.75) is 9.92 Å². The molecular formula is C12H7BrN2O4S. The van der Waals surface area contributed by atoms with Crippen LogP contribution in [0.25, 0.3) is 0 Å². The third-order valence-electron chi connectivity index (χ3n) is 2.32. The largest absolute Gasteiger partial charge is 0.478 e. The molecule has 1 heterocycles. The van der Waals surface area contributed by atoms with E-state index in [0.717, 1.165) is 0 Å². The number of benzene rings is 1. The maximum atomic E-state index is 10.9. The topological polar surface area (TPSA) is 93.3 Å². The number of carbonyl (C=O) groups is 1. The molecule has 102 valence electrons. The van der Waals surface area contributed by atoms with Crippen LogP contribution in [0.2, 0.25) is 0 Å². The molecular weight excluding hydrogens is 348 g/mol. The first-order valence-electron chi connectivity index (χ1n) is 5.28. The summed E-state index contributed by atoms with van der Waals surface area (Å²) >= 11 is 4.47. The Labute approximate surface area is 126 Å². The minimum Gasteiger partial charge on any atom is -0.478 e. The number of aromatic nitrogens is 1. The number of halogens is 1. The van der Waals surface area contributed by atoms with E-state index >= 15 is 0 Å². The SMILES string of the molecule is O=C(O)c1ccnc(Sc2ccc([N+](=O)[O-])cc2Br)c1. The van der Waals surface area contributed by atoms with Crippen LogP contribution in [0.1, 0.15) is 10.4 Å². The molecule has 1 aromatic heterocycles. The van der Waals surface area contributed by atoms with Crippen LogP contribution in [0, 0.1) is 10.1 Å². The number of nitro benzene ring substituents is 1. The number of non-ortho nitro benzene ring substituents is 1.